The number of aryl methyl sites for hydroxylation is 1. The van der Waals surface area contributed by atoms with E-state index in [1.807, 2.05) is 23.1 Å². The van der Waals surface area contributed by atoms with Crippen molar-refractivity contribution in [3.8, 4) is 0 Å². The van der Waals surface area contributed by atoms with Gasteiger partial charge in [0.05, 0.1) is 11.3 Å². The number of fused-ring (bicyclic) bond motifs is 2. The fourth-order valence-electron chi connectivity index (χ4n) is 2.96. The molecule has 6 nitrogen and oxygen atoms in total. The molecule has 2 atom stereocenters. The molecule has 2 aromatic heterocycles. The van der Waals surface area contributed by atoms with Gasteiger partial charge in [0.1, 0.15) is 5.52 Å². The maximum absolute atomic E-state index is 13.2. The molecular formula is C17H17N5OS. The Morgan fingerprint density at radius 2 is 2.04 bits per heavy atom. The van der Waals surface area contributed by atoms with Crippen LogP contribution in [0.5, 0.6) is 0 Å². The number of nitrogens with zero attached hydrogens (tertiary/aromatic N) is 5. The highest BCUT2D eigenvalue weighted by Gasteiger charge is 2.34. The van der Waals surface area contributed by atoms with E-state index < -0.39 is 0 Å². The lowest BCUT2D eigenvalue weighted by atomic mass is 10.1. The minimum atomic E-state index is -0.0536. The summed E-state index contributed by atoms with van der Waals surface area (Å²) in [5.41, 5.74) is 2.78. The number of hydrogen-bond donors (Lipinski definition) is 0. The Hall–Kier alpha value is -2.41. The van der Waals surface area contributed by atoms with Crippen molar-refractivity contribution in [2.75, 3.05) is 4.90 Å². The molecule has 1 aliphatic rings. The Kier molecular flexibility index (Phi) is 3.53. The summed E-state index contributed by atoms with van der Waals surface area (Å²) < 4.78 is 1.60. The molecule has 0 saturated carbocycles. The molecule has 0 fully saturated rings. The number of amides is 1. The number of carbonyl (C=O) groups is 1. The molecule has 24 heavy (non-hydrogen) atoms. The summed E-state index contributed by atoms with van der Waals surface area (Å²) in [6, 6.07) is 9.88. The van der Waals surface area contributed by atoms with E-state index in [2.05, 4.69) is 35.2 Å². The van der Waals surface area contributed by atoms with Crippen LogP contribution in [0.25, 0.3) is 11.2 Å². The zero-order valence-electron chi connectivity index (χ0n) is 13.7. The zero-order chi connectivity index (χ0) is 16.8. The lowest BCUT2D eigenvalue weighted by Gasteiger charge is -2.38. The second-order valence-electron chi connectivity index (χ2n) is 5.99. The molecule has 0 spiro atoms. The molecule has 1 aliphatic heterocycles. The van der Waals surface area contributed by atoms with Gasteiger partial charge >= 0.3 is 0 Å². The van der Waals surface area contributed by atoms with Crippen molar-refractivity contribution in [3.05, 3.63) is 42.1 Å². The Morgan fingerprint density at radius 3 is 2.88 bits per heavy atom. The fraction of sp³-hybridized carbons (Fsp3) is 0.294. The topological polar surface area (TPSA) is 63.9 Å². The lowest BCUT2D eigenvalue weighted by Crippen LogP contribution is -2.46. The first-order chi connectivity index (χ1) is 11.6. The first kappa shape index (κ1) is 15.1. The van der Waals surface area contributed by atoms with Crippen LogP contribution in [0.2, 0.25) is 0 Å². The predicted octanol–water partition coefficient (Wildman–Crippen LogP) is 2.89. The van der Waals surface area contributed by atoms with Gasteiger partial charge in [0.2, 0.25) is 0 Å². The largest absolute Gasteiger partial charge is 0.303 e. The SMILES string of the molecule is C[C@@H]1Sc2ccccc2N(C(=O)c2cnc3c(c2)nnn3C)[C@H]1C. The molecule has 1 amide bonds. The van der Waals surface area contributed by atoms with Crippen molar-refractivity contribution in [2.24, 2.45) is 7.05 Å². The summed E-state index contributed by atoms with van der Waals surface area (Å²) >= 11 is 1.81. The van der Waals surface area contributed by atoms with Crippen LogP contribution in [0.15, 0.2) is 41.4 Å². The minimum Gasteiger partial charge on any atom is -0.303 e. The van der Waals surface area contributed by atoms with Gasteiger partial charge in [0.25, 0.3) is 5.91 Å². The van der Waals surface area contributed by atoms with Crippen LogP contribution < -0.4 is 4.90 Å². The molecule has 122 valence electrons. The van der Waals surface area contributed by atoms with Gasteiger partial charge in [-0.15, -0.1) is 16.9 Å². The van der Waals surface area contributed by atoms with Crippen molar-refractivity contribution in [1.82, 2.24) is 20.0 Å². The third kappa shape index (κ3) is 2.27. The summed E-state index contributed by atoms with van der Waals surface area (Å²) in [4.78, 5) is 20.5. The molecule has 0 radical (unpaired) electrons. The Labute approximate surface area is 143 Å². The maximum atomic E-state index is 13.2. The van der Waals surface area contributed by atoms with Gasteiger partial charge in [-0.3, -0.25) is 4.79 Å². The molecule has 0 N–H and O–H groups in total. The molecular weight excluding hydrogens is 322 g/mol. The van der Waals surface area contributed by atoms with E-state index in [-0.39, 0.29) is 11.9 Å². The smallest absolute Gasteiger partial charge is 0.260 e. The van der Waals surface area contributed by atoms with Crippen LogP contribution in [0.4, 0.5) is 5.69 Å². The minimum absolute atomic E-state index is 0.0536. The number of hydrogen-bond acceptors (Lipinski definition) is 5. The first-order valence-corrected chi connectivity index (χ1v) is 8.69. The molecule has 1 aromatic carbocycles. The Balaban J connectivity index is 1.79. The second kappa shape index (κ2) is 5.59. The summed E-state index contributed by atoms with van der Waals surface area (Å²) in [6.45, 7) is 4.23. The Morgan fingerprint density at radius 1 is 1.25 bits per heavy atom. The van der Waals surface area contributed by atoms with Gasteiger partial charge in [-0.2, -0.15) is 0 Å². The predicted molar refractivity (Wildman–Crippen MR) is 94.3 cm³/mol. The van der Waals surface area contributed by atoms with Crippen LogP contribution in [0, 0.1) is 0 Å². The molecule has 7 heteroatoms. The molecule has 3 aromatic rings. The third-order valence-electron chi connectivity index (χ3n) is 4.43. The van der Waals surface area contributed by atoms with Crippen LogP contribution in [-0.2, 0) is 7.05 Å². The highest BCUT2D eigenvalue weighted by atomic mass is 32.2. The van der Waals surface area contributed by atoms with E-state index in [0.717, 1.165) is 10.6 Å². The van der Waals surface area contributed by atoms with E-state index in [9.17, 15) is 4.79 Å². The van der Waals surface area contributed by atoms with Gasteiger partial charge in [-0.1, -0.05) is 24.3 Å². The molecule has 0 aliphatic carbocycles. The number of pyridine rings is 1. The summed E-state index contributed by atoms with van der Waals surface area (Å²) in [7, 11) is 1.78. The number of aromatic nitrogens is 4. The normalized spacial score (nSPS) is 20.2. The summed E-state index contributed by atoms with van der Waals surface area (Å²) in [5, 5.41) is 8.32. The quantitative estimate of drug-likeness (QED) is 0.682. The first-order valence-electron chi connectivity index (χ1n) is 7.81. The van der Waals surface area contributed by atoms with Crippen molar-refractivity contribution < 1.29 is 4.79 Å². The lowest BCUT2D eigenvalue weighted by molar-refractivity contribution is 0.0977. The summed E-state index contributed by atoms with van der Waals surface area (Å²) in [6.07, 6.45) is 1.61. The van der Waals surface area contributed by atoms with Crippen LogP contribution in [0.3, 0.4) is 0 Å². The van der Waals surface area contributed by atoms with E-state index in [1.54, 1.807) is 35.8 Å². The number of carbonyl (C=O) groups excluding carboxylic acids is 1. The van der Waals surface area contributed by atoms with Crippen molar-refractivity contribution in [2.45, 2.75) is 30.0 Å². The Bertz CT molecular complexity index is 938. The van der Waals surface area contributed by atoms with E-state index in [0.29, 0.717) is 22.0 Å². The van der Waals surface area contributed by atoms with Gasteiger partial charge < -0.3 is 4.90 Å². The molecule has 0 unspecified atom stereocenters. The monoisotopic (exact) mass is 339 g/mol. The third-order valence-corrected chi connectivity index (χ3v) is 5.80. The van der Waals surface area contributed by atoms with Crippen LogP contribution in [-0.4, -0.2) is 37.2 Å². The standard InChI is InChI=1S/C17H17N5OS/c1-10-11(2)24-15-7-5-4-6-14(15)22(10)17(23)12-8-13-16(18-9-12)21(3)20-19-13/h4-11H,1-3H3/t10-,11-/m0/s1. The molecule has 4 rings (SSSR count). The van der Waals surface area contributed by atoms with Crippen LogP contribution >= 0.6 is 11.8 Å². The van der Waals surface area contributed by atoms with Crippen molar-refractivity contribution in [1.29, 1.82) is 0 Å². The number of anilines is 1. The number of thioether (sulfide) groups is 1. The van der Waals surface area contributed by atoms with Gasteiger partial charge in [0, 0.05) is 29.4 Å². The van der Waals surface area contributed by atoms with Crippen molar-refractivity contribution in [3.63, 3.8) is 0 Å². The van der Waals surface area contributed by atoms with Crippen molar-refractivity contribution >= 4 is 34.5 Å². The van der Waals surface area contributed by atoms with E-state index >= 15 is 0 Å². The molecule has 0 bridgehead atoms. The van der Waals surface area contributed by atoms with E-state index in [4.69, 9.17) is 0 Å². The van der Waals surface area contributed by atoms with E-state index in [1.165, 1.54) is 0 Å². The average Bonchev–Trinajstić information content (AvgIpc) is 2.96. The van der Waals surface area contributed by atoms with Gasteiger partial charge in [-0.25, -0.2) is 9.67 Å². The maximum Gasteiger partial charge on any atom is 0.260 e. The zero-order valence-corrected chi connectivity index (χ0v) is 14.5. The average molecular weight is 339 g/mol. The second-order valence-corrected chi connectivity index (χ2v) is 7.41. The summed E-state index contributed by atoms with van der Waals surface area (Å²) in [5.74, 6) is -0.0536. The molecule has 0 saturated heterocycles. The highest BCUT2D eigenvalue weighted by molar-refractivity contribution is 8.00. The van der Waals surface area contributed by atoms with Gasteiger partial charge in [-0.05, 0) is 25.1 Å². The highest BCUT2D eigenvalue weighted by Crippen LogP contribution is 2.41. The number of para-hydroxylation sites is 1. The number of benzene rings is 1. The van der Waals surface area contributed by atoms with Gasteiger partial charge in [0.15, 0.2) is 5.65 Å². The van der Waals surface area contributed by atoms with Crippen LogP contribution in [0.1, 0.15) is 24.2 Å². The molecule has 3 heterocycles. The fourth-order valence-corrected chi connectivity index (χ4v) is 4.12. The number of rotatable bonds is 1.